The van der Waals surface area contributed by atoms with Crippen LogP contribution in [0.5, 0.6) is 11.5 Å². The Morgan fingerprint density at radius 1 is 0.729 bits per heavy atom. The van der Waals surface area contributed by atoms with Crippen LogP contribution in [0.2, 0.25) is 0 Å². The van der Waals surface area contributed by atoms with E-state index in [2.05, 4.69) is 39.5 Å². The molecule has 6 aromatic rings. The van der Waals surface area contributed by atoms with Crippen molar-refractivity contribution in [2.45, 2.75) is 32.1 Å². The van der Waals surface area contributed by atoms with E-state index in [1.54, 1.807) is 0 Å². The number of carbonyl (C=O) groups excluding carboxylic acids is 1. The van der Waals surface area contributed by atoms with Crippen LogP contribution in [0.15, 0.2) is 140 Å². The molecule has 3 N–H and O–H groups in total. The second kappa shape index (κ2) is 16.5. The standard InChI is InChI=1S/C41H41N3O4/c45-36(30-48-38-21-19-37(20-22-38)47-29-33-11-5-2-6-12-33)28-44(27-32-9-3-1-4-10-32)24-23-31-15-17-35(18-16-31)43-41(46)25-34-26-42-40-14-8-7-13-39(34)40/h1-22,26,36,42,45H,23-25,27-30H2,(H,43,46)/t36-/m0/s1. The molecule has 0 saturated carbocycles. The molecule has 244 valence electrons. The lowest BCUT2D eigenvalue weighted by Gasteiger charge is -2.25. The molecule has 48 heavy (non-hydrogen) atoms. The molecule has 6 rings (SSSR count). The number of benzene rings is 5. The van der Waals surface area contributed by atoms with Crippen molar-refractivity contribution >= 4 is 22.5 Å². The maximum atomic E-state index is 12.8. The molecule has 0 bridgehead atoms. The third kappa shape index (κ3) is 9.58. The van der Waals surface area contributed by atoms with Crippen molar-refractivity contribution in [3.05, 3.63) is 162 Å². The summed E-state index contributed by atoms with van der Waals surface area (Å²) in [5, 5.41) is 15.0. The Labute approximate surface area is 281 Å². The number of hydrogen-bond acceptors (Lipinski definition) is 5. The summed E-state index contributed by atoms with van der Waals surface area (Å²) < 4.78 is 11.8. The average molecular weight is 640 g/mol. The maximum absolute atomic E-state index is 12.8. The van der Waals surface area contributed by atoms with E-state index in [1.807, 2.05) is 115 Å². The number of rotatable bonds is 16. The van der Waals surface area contributed by atoms with Crippen LogP contribution in [-0.2, 0) is 30.8 Å². The summed E-state index contributed by atoms with van der Waals surface area (Å²) in [7, 11) is 0. The number of fused-ring (bicyclic) bond motifs is 1. The van der Waals surface area contributed by atoms with Crippen LogP contribution < -0.4 is 14.8 Å². The van der Waals surface area contributed by atoms with Crippen LogP contribution in [-0.4, -0.2) is 46.7 Å². The van der Waals surface area contributed by atoms with E-state index in [0.29, 0.717) is 31.9 Å². The van der Waals surface area contributed by atoms with Gasteiger partial charge in [0, 0.05) is 42.4 Å². The number of aromatic nitrogens is 1. The molecular weight excluding hydrogens is 598 g/mol. The first-order chi connectivity index (χ1) is 23.6. The largest absolute Gasteiger partial charge is 0.491 e. The fourth-order valence-corrected chi connectivity index (χ4v) is 5.69. The van der Waals surface area contributed by atoms with Crippen molar-refractivity contribution in [2.24, 2.45) is 0 Å². The van der Waals surface area contributed by atoms with Gasteiger partial charge in [0.2, 0.25) is 5.91 Å². The Balaban J connectivity index is 0.983. The van der Waals surface area contributed by atoms with E-state index >= 15 is 0 Å². The molecule has 1 amide bonds. The molecule has 0 aliphatic heterocycles. The number of nitrogens with one attached hydrogen (secondary N) is 2. The molecule has 0 aliphatic rings. The Hall–Kier alpha value is -5.37. The summed E-state index contributed by atoms with van der Waals surface area (Å²) in [6.45, 7) is 2.63. The number of nitrogens with zero attached hydrogens (tertiary/aromatic N) is 1. The molecule has 7 heteroatoms. The SMILES string of the molecule is O=C(Cc1c[nH]c2ccccc12)Nc1ccc(CCN(Cc2ccccc2)C[C@H](O)COc2ccc(OCc3ccccc3)cc2)cc1. The molecule has 0 unspecified atom stereocenters. The highest BCUT2D eigenvalue weighted by atomic mass is 16.5. The van der Waals surface area contributed by atoms with Gasteiger partial charge < -0.3 is 24.9 Å². The molecule has 0 saturated heterocycles. The number of aliphatic hydroxyl groups excluding tert-OH is 1. The number of aromatic amines is 1. The molecule has 5 aromatic carbocycles. The maximum Gasteiger partial charge on any atom is 0.228 e. The monoisotopic (exact) mass is 639 g/mol. The first-order valence-electron chi connectivity index (χ1n) is 16.3. The van der Waals surface area contributed by atoms with Crippen LogP contribution in [0.25, 0.3) is 10.9 Å². The van der Waals surface area contributed by atoms with Crippen molar-refractivity contribution in [1.82, 2.24) is 9.88 Å². The van der Waals surface area contributed by atoms with E-state index < -0.39 is 6.10 Å². The van der Waals surface area contributed by atoms with Gasteiger partial charge in [-0.2, -0.15) is 0 Å². The fraction of sp³-hybridized carbons (Fsp3) is 0.195. The summed E-state index contributed by atoms with van der Waals surface area (Å²) >= 11 is 0. The number of ether oxygens (including phenoxy) is 2. The van der Waals surface area contributed by atoms with Gasteiger partial charge in [-0.1, -0.05) is 91.0 Å². The van der Waals surface area contributed by atoms with Gasteiger partial charge >= 0.3 is 0 Å². The van der Waals surface area contributed by atoms with Crippen molar-refractivity contribution in [3.8, 4) is 11.5 Å². The molecule has 0 spiro atoms. The zero-order valence-electron chi connectivity index (χ0n) is 26.9. The molecule has 0 aliphatic carbocycles. The summed E-state index contributed by atoms with van der Waals surface area (Å²) in [4.78, 5) is 18.2. The highest BCUT2D eigenvalue weighted by Gasteiger charge is 2.14. The van der Waals surface area contributed by atoms with Gasteiger partial charge in [0.1, 0.15) is 30.8 Å². The summed E-state index contributed by atoms with van der Waals surface area (Å²) in [5.41, 5.74) is 6.23. The molecule has 1 heterocycles. The molecular formula is C41H41N3O4. The second-order valence-electron chi connectivity index (χ2n) is 12.0. The molecule has 7 nitrogen and oxygen atoms in total. The first-order valence-corrected chi connectivity index (χ1v) is 16.3. The van der Waals surface area contributed by atoms with Gasteiger partial charge in [0.25, 0.3) is 0 Å². The second-order valence-corrected chi connectivity index (χ2v) is 12.0. The van der Waals surface area contributed by atoms with E-state index in [1.165, 1.54) is 5.56 Å². The minimum atomic E-state index is -0.669. The lowest BCUT2D eigenvalue weighted by Crippen LogP contribution is -2.36. The van der Waals surface area contributed by atoms with Gasteiger partial charge in [-0.05, 0) is 71.1 Å². The Morgan fingerprint density at radius 2 is 1.38 bits per heavy atom. The summed E-state index contributed by atoms with van der Waals surface area (Å²) in [6, 6.07) is 43.8. The van der Waals surface area contributed by atoms with E-state index in [4.69, 9.17) is 9.47 Å². The average Bonchev–Trinajstić information content (AvgIpc) is 3.53. The van der Waals surface area contributed by atoms with Crippen LogP contribution in [0.3, 0.4) is 0 Å². The van der Waals surface area contributed by atoms with E-state index in [0.717, 1.165) is 52.0 Å². The minimum absolute atomic E-state index is 0.0509. The Morgan fingerprint density at radius 3 is 2.10 bits per heavy atom. The van der Waals surface area contributed by atoms with Gasteiger partial charge in [-0.15, -0.1) is 0 Å². The lowest BCUT2D eigenvalue weighted by molar-refractivity contribution is -0.115. The number of amides is 1. The van der Waals surface area contributed by atoms with Crippen molar-refractivity contribution in [3.63, 3.8) is 0 Å². The fourth-order valence-electron chi connectivity index (χ4n) is 5.69. The van der Waals surface area contributed by atoms with E-state index in [9.17, 15) is 9.90 Å². The summed E-state index contributed by atoms with van der Waals surface area (Å²) in [5.74, 6) is 1.40. The smallest absolute Gasteiger partial charge is 0.228 e. The molecule has 0 fully saturated rings. The highest BCUT2D eigenvalue weighted by molar-refractivity contribution is 5.95. The normalized spacial score (nSPS) is 11.8. The van der Waals surface area contributed by atoms with Crippen molar-refractivity contribution < 1.29 is 19.4 Å². The number of aliphatic hydroxyl groups is 1. The predicted molar refractivity (Wildman–Crippen MR) is 191 cm³/mol. The molecule has 1 atom stereocenters. The van der Waals surface area contributed by atoms with Gasteiger partial charge in [0.05, 0.1) is 6.42 Å². The number of anilines is 1. The van der Waals surface area contributed by atoms with Gasteiger partial charge in [-0.25, -0.2) is 0 Å². The van der Waals surface area contributed by atoms with E-state index in [-0.39, 0.29) is 12.5 Å². The quantitative estimate of drug-likeness (QED) is 0.103. The minimum Gasteiger partial charge on any atom is -0.491 e. The lowest BCUT2D eigenvalue weighted by atomic mass is 10.1. The first kappa shape index (κ1) is 32.6. The van der Waals surface area contributed by atoms with Gasteiger partial charge in [-0.3, -0.25) is 9.69 Å². The Bertz CT molecular complexity index is 1860. The van der Waals surface area contributed by atoms with Gasteiger partial charge in [0.15, 0.2) is 0 Å². The van der Waals surface area contributed by atoms with Crippen LogP contribution in [0, 0.1) is 0 Å². The summed E-state index contributed by atoms with van der Waals surface area (Å²) in [6.07, 6.45) is 2.34. The Kier molecular flexibility index (Phi) is 11.2. The van der Waals surface area contributed by atoms with Crippen molar-refractivity contribution in [2.75, 3.05) is 25.0 Å². The number of hydrogen-bond donors (Lipinski definition) is 3. The third-order valence-electron chi connectivity index (χ3n) is 8.21. The van der Waals surface area contributed by atoms with Crippen LogP contribution in [0.1, 0.15) is 22.3 Å². The van der Waals surface area contributed by atoms with Crippen molar-refractivity contribution in [1.29, 1.82) is 0 Å². The highest BCUT2D eigenvalue weighted by Crippen LogP contribution is 2.21. The third-order valence-corrected chi connectivity index (χ3v) is 8.21. The molecule has 1 aromatic heterocycles. The van der Waals surface area contributed by atoms with Crippen LogP contribution >= 0.6 is 0 Å². The predicted octanol–water partition coefficient (Wildman–Crippen LogP) is 7.41. The molecule has 0 radical (unpaired) electrons. The number of para-hydroxylation sites is 1. The number of H-pyrrole nitrogens is 1. The topological polar surface area (TPSA) is 86.8 Å². The van der Waals surface area contributed by atoms with Crippen LogP contribution in [0.4, 0.5) is 5.69 Å². The zero-order chi connectivity index (χ0) is 33.0. The zero-order valence-corrected chi connectivity index (χ0v) is 26.9. The number of carbonyl (C=O) groups is 1.